The lowest BCUT2D eigenvalue weighted by atomic mass is 10.0. The molecule has 1 N–H and O–H groups in total. The fraction of sp³-hybridized carbons (Fsp3) is 0.143. The molecule has 0 amide bonds. The zero-order chi connectivity index (χ0) is 13.3. The first-order valence-electron chi connectivity index (χ1n) is 5.38. The van der Waals surface area contributed by atoms with Crippen molar-refractivity contribution in [3.05, 3.63) is 67.5 Å². The molecule has 2 rings (SSSR count). The Labute approximate surface area is 124 Å². The van der Waals surface area contributed by atoms with Crippen LogP contribution in [-0.4, -0.2) is 5.11 Å². The second kappa shape index (κ2) is 5.55. The highest BCUT2D eigenvalue weighted by atomic mass is 127. The number of rotatable bonds is 2. The van der Waals surface area contributed by atoms with Crippen LogP contribution in [0.15, 0.2) is 36.4 Å². The maximum atomic E-state index is 13.0. The minimum Gasteiger partial charge on any atom is -0.384 e. The highest BCUT2D eigenvalue weighted by Gasteiger charge is 2.14. The fourth-order valence-corrected chi connectivity index (χ4v) is 2.64. The van der Waals surface area contributed by atoms with Crippen LogP contribution in [0.25, 0.3) is 0 Å². The summed E-state index contributed by atoms with van der Waals surface area (Å²) in [7, 11) is 0. The maximum Gasteiger partial charge on any atom is 0.124 e. The summed E-state index contributed by atoms with van der Waals surface area (Å²) < 4.78 is 13.7. The molecule has 2 aromatic carbocycles. The Bertz CT molecular complexity index is 586. The highest BCUT2D eigenvalue weighted by Crippen LogP contribution is 2.29. The molecule has 0 aliphatic carbocycles. The van der Waals surface area contributed by atoms with Crippen molar-refractivity contribution in [2.45, 2.75) is 13.0 Å². The van der Waals surface area contributed by atoms with Gasteiger partial charge in [0.25, 0.3) is 0 Å². The van der Waals surface area contributed by atoms with Crippen LogP contribution in [0.1, 0.15) is 22.8 Å². The number of benzene rings is 2. The normalized spacial score (nSPS) is 12.5. The van der Waals surface area contributed by atoms with E-state index in [1.54, 1.807) is 12.1 Å². The van der Waals surface area contributed by atoms with Gasteiger partial charge in [-0.3, -0.25) is 0 Å². The smallest absolute Gasteiger partial charge is 0.124 e. The molecule has 18 heavy (non-hydrogen) atoms. The minimum atomic E-state index is -0.796. The summed E-state index contributed by atoms with van der Waals surface area (Å²) >= 11 is 8.05. The van der Waals surface area contributed by atoms with Gasteiger partial charge in [0.1, 0.15) is 11.9 Å². The predicted molar refractivity (Wildman–Crippen MR) is 79.4 cm³/mol. The van der Waals surface area contributed by atoms with E-state index in [0.29, 0.717) is 19.7 Å². The molecule has 1 atom stereocenters. The quantitative estimate of drug-likeness (QED) is 0.767. The van der Waals surface area contributed by atoms with Crippen LogP contribution in [-0.2, 0) is 0 Å². The van der Waals surface area contributed by atoms with E-state index in [4.69, 9.17) is 11.6 Å². The van der Waals surface area contributed by atoms with Crippen LogP contribution in [0.3, 0.4) is 0 Å². The summed E-state index contributed by atoms with van der Waals surface area (Å²) in [6.07, 6.45) is -0.796. The molecule has 0 saturated carbocycles. The van der Waals surface area contributed by atoms with Crippen molar-refractivity contribution >= 4 is 34.2 Å². The van der Waals surface area contributed by atoms with Crippen LogP contribution in [0.4, 0.5) is 4.39 Å². The Hall–Kier alpha value is -0.650. The molecule has 2 aromatic rings. The van der Waals surface area contributed by atoms with Gasteiger partial charge in [-0.1, -0.05) is 29.8 Å². The van der Waals surface area contributed by atoms with Crippen LogP contribution in [0.2, 0.25) is 5.02 Å². The number of aryl methyl sites for hydroxylation is 1. The average Bonchev–Trinajstić information content (AvgIpc) is 2.32. The Morgan fingerprint density at radius 2 is 1.94 bits per heavy atom. The molecular weight excluding hydrogens is 366 g/mol. The SMILES string of the molecule is Cc1ccc(C(O)c2ccc(F)cc2I)cc1Cl. The van der Waals surface area contributed by atoms with Crippen molar-refractivity contribution in [1.29, 1.82) is 0 Å². The molecule has 0 aliphatic heterocycles. The second-order valence-electron chi connectivity index (χ2n) is 4.08. The Balaban J connectivity index is 2.41. The monoisotopic (exact) mass is 376 g/mol. The highest BCUT2D eigenvalue weighted by molar-refractivity contribution is 14.1. The third-order valence-electron chi connectivity index (χ3n) is 2.77. The average molecular weight is 377 g/mol. The van der Waals surface area contributed by atoms with Crippen molar-refractivity contribution in [2.75, 3.05) is 0 Å². The molecular formula is C14H11ClFIO. The van der Waals surface area contributed by atoms with Crippen LogP contribution < -0.4 is 0 Å². The number of aliphatic hydroxyl groups is 1. The topological polar surface area (TPSA) is 20.2 Å². The van der Waals surface area contributed by atoms with Gasteiger partial charge in [-0.15, -0.1) is 0 Å². The van der Waals surface area contributed by atoms with Crippen molar-refractivity contribution in [2.24, 2.45) is 0 Å². The summed E-state index contributed by atoms with van der Waals surface area (Å²) in [5, 5.41) is 10.9. The number of hydrogen-bond acceptors (Lipinski definition) is 1. The van der Waals surface area contributed by atoms with E-state index in [9.17, 15) is 9.50 Å². The van der Waals surface area contributed by atoms with E-state index in [-0.39, 0.29) is 5.82 Å². The first-order chi connectivity index (χ1) is 8.49. The molecule has 0 aliphatic rings. The standard InChI is InChI=1S/C14H11ClFIO/c1-8-2-3-9(6-12(8)15)14(18)11-5-4-10(16)7-13(11)17/h2-7,14,18H,1H3. The first kappa shape index (κ1) is 13.8. The lowest BCUT2D eigenvalue weighted by molar-refractivity contribution is 0.219. The fourth-order valence-electron chi connectivity index (χ4n) is 1.68. The molecule has 0 spiro atoms. The molecule has 0 radical (unpaired) electrons. The van der Waals surface area contributed by atoms with Crippen molar-refractivity contribution < 1.29 is 9.50 Å². The largest absolute Gasteiger partial charge is 0.384 e. The molecule has 0 aromatic heterocycles. The number of aliphatic hydroxyl groups excluding tert-OH is 1. The molecule has 0 saturated heterocycles. The third-order valence-corrected chi connectivity index (χ3v) is 4.11. The number of hydrogen-bond donors (Lipinski definition) is 1. The van der Waals surface area contributed by atoms with Gasteiger partial charge in [0.05, 0.1) is 0 Å². The molecule has 1 unspecified atom stereocenters. The van der Waals surface area contributed by atoms with E-state index in [1.807, 2.05) is 41.6 Å². The lowest BCUT2D eigenvalue weighted by Crippen LogP contribution is -2.02. The molecule has 0 heterocycles. The lowest BCUT2D eigenvalue weighted by Gasteiger charge is -2.14. The second-order valence-corrected chi connectivity index (χ2v) is 5.65. The summed E-state index contributed by atoms with van der Waals surface area (Å²) in [6, 6.07) is 9.75. The zero-order valence-electron chi connectivity index (χ0n) is 9.62. The van der Waals surface area contributed by atoms with Gasteiger partial charge in [-0.05, 0) is 64.4 Å². The van der Waals surface area contributed by atoms with Crippen molar-refractivity contribution in [3.63, 3.8) is 0 Å². The van der Waals surface area contributed by atoms with Gasteiger partial charge >= 0.3 is 0 Å². The Kier molecular flexibility index (Phi) is 4.25. The van der Waals surface area contributed by atoms with E-state index in [0.717, 1.165) is 5.56 Å². The summed E-state index contributed by atoms with van der Waals surface area (Å²) in [5.41, 5.74) is 2.34. The van der Waals surface area contributed by atoms with Gasteiger partial charge in [-0.2, -0.15) is 0 Å². The van der Waals surface area contributed by atoms with Crippen molar-refractivity contribution in [1.82, 2.24) is 0 Å². The predicted octanol–water partition coefficient (Wildman–Crippen LogP) is 4.47. The van der Waals surface area contributed by atoms with Gasteiger partial charge in [-0.25, -0.2) is 4.39 Å². The molecule has 0 fully saturated rings. The summed E-state index contributed by atoms with van der Waals surface area (Å²) in [4.78, 5) is 0. The molecule has 94 valence electrons. The van der Waals surface area contributed by atoms with E-state index >= 15 is 0 Å². The van der Waals surface area contributed by atoms with E-state index < -0.39 is 6.10 Å². The van der Waals surface area contributed by atoms with E-state index in [2.05, 4.69) is 0 Å². The van der Waals surface area contributed by atoms with E-state index in [1.165, 1.54) is 12.1 Å². The number of halogens is 3. The Morgan fingerprint density at radius 3 is 2.56 bits per heavy atom. The molecule has 1 nitrogen and oxygen atoms in total. The van der Waals surface area contributed by atoms with Gasteiger partial charge in [0, 0.05) is 8.59 Å². The first-order valence-corrected chi connectivity index (χ1v) is 6.84. The third kappa shape index (κ3) is 2.84. The zero-order valence-corrected chi connectivity index (χ0v) is 12.5. The van der Waals surface area contributed by atoms with Gasteiger partial charge < -0.3 is 5.11 Å². The Morgan fingerprint density at radius 1 is 1.22 bits per heavy atom. The summed E-state index contributed by atoms with van der Waals surface area (Å²) in [5.74, 6) is -0.308. The minimum absolute atomic E-state index is 0.308. The molecule has 0 bridgehead atoms. The van der Waals surface area contributed by atoms with Crippen LogP contribution in [0.5, 0.6) is 0 Å². The van der Waals surface area contributed by atoms with Gasteiger partial charge in [0.15, 0.2) is 0 Å². The van der Waals surface area contributed by atoms with Crippen LogP contribution >= 0.6 is 34.2 Å². The van der Waals surface area contributed by atoms with Crippen molar-refractivity contribution in [3.8, 4) is 0 Å². The summed E-state index contributed by atoms with van der Waals surface area (Å²) in [6.45, 7) is 1.90. The van der Waals surface area contributed by atoms with Gasteiger partial charge in [0.2, 0.25) is 0 Å². The maximum absolute atomic E-state index is 13.0. The van der Waals surface area contributed by atoms with Crippen LogP contribution in [0, 0.1) is 16.3 Å². The molecule has 4 heteroatoms.